The molecular weight excluding hydrogens is 485 g/mol. The molecule has 2 aliphatic rings. The number of hydrogen-bond donors (Lipinski definition) is 3. The number of aliphatic imine (C=N–C) groups is 1. The molecule has 1 amide bonds. The zero-order chi connectivity index (χ0) is 26.8. The molecule has 1 aliphatic heterocycles. The van der Waals surface area contributed by atoms with Gasteiger partial charge in [-0.15, -0.1) is 0 Å². The van der Waals surface area contributed by atoms with Crippen molar-refractivity contribution in [1.82, 2.24) is 9.97 Å². The van der Waals surface area contributed by atoms with Gasteiger partial charge in [-0.2, -0.15) is 13.2 Å². The molecule has 0 bridgehead atoms. The smallest absolute Gasteiger partial charge is 0.404 e. The van der Waals surface area contributed by atoms with Crippen LogP contribution in [0.2, 0.25) is 0 Å². The van der Waals surface area contributed by atoms with Crippen molar-refractivity contribution in [2.75, 3.05) is 29.9 Å². The Hall–Kier alpha value is -3.47. The Bertz CT molecular complexity index is 1200. The number of aliphatic hydroxyl groups is 1. The van der Waals surface area contributed by atoms with Crippen molar-refractivity contribution in [3.8, 4) is 0 Å². The Morgan fingerprint density at radius 3 is 2.62 bits per heavy atom. The number of anilines is 2. The zero-order valence-corrected chi connectivity index (χ0v) is 20.8. The topological polar surface area (TPSA) is 117 Å². The van der Waals surface area contributed by atoms with Gasteiger partial charge in [0.1, 0.15) is 5.69 Å². The lowest BCUT2D eigenvalue weighted by Gasteiger charge is -2.26. The van der Waals surface area contributed by atoms with E-state index in [1.165, 1.54) is 18.3 Å². The predicted octanol–water partition coefficient (Wildman–Crippen LogP) is 4.13. The fourth-order valence-electron chi connectivity index (χ4n) is 4.22. The lowest BCUT2D eigenvalue weighted by atomic mass is 9.90. The molecule has 37 heavy (non-hydrogen) atoms. The minimum atomic E-state index is -4.77. The molecule has 1 aliphatic carbocycles. The Morgan fingerprint density at radius 1 is 1.27 bits per heavy atom. The summed E-state index contributed by atoms with van der Waals surface area (Å²) in [6.07, 6.45) is 2.28. The van der Waals surface area contributed by atoms with Crippen LogP contribution in [-0.4, -0.2) is 52.4 Å². The predicted molar refractivity (Wildman–Crippen MR) is 136 cm³/mol. The van der Waals surface area contributed by atoms with Gasteiger partial charge in [0.2, 0.25) is 0 Å². The average Bonchev–Trinajstić information content (AvgIpc) is 3.51. The highest BCUT2D eigenvalue weighted by Crippen LogP contribution is 2.37. The number of halogens is 3. The summed E-state index contributed by atoms with van der Waals surface area (Å²) in [5, 5.41) is 12.7. The Balaban J connectivity index is 1.56. The number of nitrogens with one attached hydrogen (secondary N) is 1. The fraction of sp³-hybridized carbons (Fsp3) is 0.462. The maximum atomic E-state index is 13.7. The zero-order valence-electron chi connectivity index (χ0n) is 20.8. The highest BCUT2D eigenvalue weighted by molar-refractivity contribution is 6.09. The van der Waals surface area contributed by atoms with Gasteiger partial charge in [-0.25, -0.2) is 9.97 Å². The third-order valence-electron chi connectivity index (χ3n) is 6.69. The average molecular weight is 517 g/mol. The number of pyridine rings is 2. The summed E-state index contributed by atoms with van der Waals surface area (Å²) >= 11 is 0. The Kier molecular flexibility index (Phi) is 7.54. The second kappa shape index (κ2) is 10.5. The van der Waals surface area contributed by atoms with Gasteiger partial charge in [-0.05, 0) is 57.2 Å². The van der Waals surface area contributed by atoms with Crippen LogP contribution >= 0.6 is 0 Å². The van der Waals surface area contributed by atoms with E-state index in [1.54, 1.807) is 32.2 Å². The van der Waals surface area contributed by atoms with Crippen molar-refractivity contribution in [3.63, 3.8) is 0 Å². The third kappa shape index (κ3) is 6.65. The van der Waals surface area contributed by atoms with Gasteiger partial charge in [0.05, 0.1) is 28.9 Å². The number of alkyl halides is 3. The summed E-state index contributed by atoms with van der Waals surface area (Å²) in [5.41, 5.74) is 4.38. The first-order valence-electron chi connectivity index (χ1n) is 12.2. The molecule has 4 N–H and O–H groups in total. The summed E-state index contributed by atoms with van der Waals surface area (Å²) in [7, 11) is 0. The number of allylic oxidation sites excluding steroid dienone is 1. The van der Waals surface area contributed by atoms with Crippen LogP contribution in [0.1, 0.15) is 55.0 Å². The maximum Gasteiger partial charge on any atom is 0.435 e. The first kappa shape index (κ1) is 26.6. The molecule has 8 nitrogen and oxygen atoms in total. The number of amides is 1. The summed E-state index contributed by atoms with van der Waals surface area (Å²) in [6, 6.07) is 5.90. The van der Waals surface area contributed by atoms with E-state index in [4.69, 9.17) is 5.73 Å². The number of hydrogen-bond acceptors (Lipinski definition) is 7. The van der Waals surface area contributed by atoms with Gasteiger partial charge in [-0.3, -0.25) is 9.79 Å². The van der Waals surface area contributed by atoms with Crippen molar-refractivity contribution in [1.29, 1.82) is 0 Å². The fourth-order valence-corrected chi connectivity index (χ4v) is 4.22. The van der Waals surface area contributed by atoms with Gasteiger partial charge in [-0.1, -0.05) is 6.07 Å². The van der Waals surface area contributed by atoms with E-state index in [0.717, 1.165) is 19.0 Å². The quantitative estimate of drug-likeness (QED) is 0.455. The molecular formula is C26H31F3N6O2. The number of nitrogens with zero attached hydrogens (tertiary/aromatic N) is 4. The standard InChI is InChI=1S/C26H31F3N6O2/c1-25(2,37)18-8-9-35(15-18)19-10-22(23(32-14-19)26(27,28)29)34-24(36)21-5-3-4-20(33-21)17(11-30)13-31-12-16-6-7-16/h3-5,10-11,13-14,16,18,37H,6-9,12,15,30H2,1-2H3,(H,34,36)/b17-11+,31-13?. The van der Waals surface area contributed by atoms with Crippen LogP contribution in [0.4, 0.5) is 24.5 Å². The van der Waals surface area contributed by atoms with E-state index >= 15 is 0 Å². The molecule has 11 heteroatoms. The van der Waals surface area contributed by atoms with Crippen molar-refractivity contribution >= 4 is 29.1 Å². The van der Waals surface area contributed by atoms with Crippen LogP contribution in [0.3, 0.4) is 0 Å². The molecule has 198 valence electrons. The van der Waals surface area contributed by atoms with Gasteiger partial charge >= 0.3 is 6.18 Å². The highest BCUT2D eigenvalue weighted by Gasteiger charge is 2.38. The Labute approximate surface area is 213 Å². The van der Waals surface area contributed by atoms with Crippen LogP contribution < -0.4 is 16.0 Å². The molecule has 1 saturated carbocycles. The molecule has 3 heterocycles. The van der Waals surface area contributed by atoms with E-state index in [0.29, 0.717) is 48.9 Å². The number of carbonyl (C=O) groups is 1. The lowest BCUT2D eigenvalue weighted by Crippen LogP contribution is -2.33. The van der Waals surface area contributed by atoms with E-state index < -0.39 is 29.1 Å². The summed E-state index contributed by atoms with van der Waals surface area (Å²) in [5.74, 6) is -0.264. The second-order valence-corrected chi connectivity index (χ2v) is 10.1. The van der Waals surface area contributed by atoms with Gasteiger partial charge in [0.25, 0.3) is 5.91 Å². The van der Waals surface area contributed by atoms with Crippen molar-refractivity contribution < 1.29 is 23.1 Å². The highest BCUT2D eigenvalue weighted by atomic mass is 19.4. The molecule has 0 spiro atoms. The van der Waals surface area contributed by atoms with Gasteiger partial charge in [0.15, 0.2) is 5.69 Å². The van der Waals surface area contributed by atoms with Crippen LogP contribution in [0.15, 0.2) is 41.7 Å². The van der Waals surface area contributed by atoms with Crippen molar-refractivity contribution in [3.05, 3.63) is 53.7 Å². The number of carbonyl (C=O) groups excluding carboxylic acids is 1. The molecule has 2 aromatic rings. The molecule has 2 fully saturated rings. The number of aromatic nitrogens is 2. The van der Waals surface area contributed by atoms with Gasteiger partial charge in [0, 0.05) is 43.5 Å². The SMILES string of the molecule is CC(C)(O)C1CCN(c2cnc(C(F)(F)F)c(NC(=O)c3cccc(/C(C=NCC4CC4)=C/N)n3)c2)C1. The van der Waals surface area contributed by atoms with Gasteiger partial charge < -0.3 is 21.1 Å². The third-order valence-corrected chi connectivity index (χ3v) is 6.69. The minimum Gasteiger partial charge on any atom is -0.404 e. The maximum absolute atomic E-state index is 13.7. The lowest BCUT2D eigenvalue weighted by molar-refractivity contribution is -0.140. The van der Waals surface area contributed by atoms with Crippen LogP contribution in [-0.2, 0) is 6.18 Å². The van der Waals surface area contributed by atoms with Crippen molar-refractivity contribution in [2.45, 2.75) is 44.9 Å². The first-order valence-corrected chi connectivity index (χ1v) is 12.2. The van der Waals surface area contributed by atoms with Crippen LogP contribution in [0.5, 0.6) is 0 Å². The number of rotatable bonds is 8. The summed E-state index contributed by atoms with van der Waals surface area (Å²) in [4.78, 5) is 27.1. The minimum absolute atomic E-state index is 0.0441. The molecule has 0 aromatic carbocycles. The van der Waals surface area contributed by atoms with E-state index in [-0.39, 0.29) is 11.6 Å². The number of nitrogens with two attached hydrogens (primary N) is 1. The molecule has 0 radical (unpaired) electrons. The largest absolute Gasteiger partial charge is 0.435 e. The molecule has 2 aromatic heterocycles. The summed E-state index contributed by atoms with van der Waals surface area (Å²) < 4.78 is 41.1. The molecule has 1 unspecified atom stereocenters. The van der Waals surface area contributed by atoms with E-state index in [1.807, 2.05) is 4.90 Å². The molecule has 1 atom stereocenters. The van der Waals surface area contributed by atoms with E-state index in [2.05, 4.69) is 20.3 Å². The molecule has 1 saturated heterocycles. The second-order valence-electron chi connectivity index (χ2n) is 10.1. The van der Waals surface area contributed by atoms with Crippen molar-refractivity contribution in [2.24, 2.45) is 22.6 Å². The molecule has 4 rings (SSSR count). The monoisotopic (exact) mass is 516 g/mol. The first-order chi connectivity index (χ1) is 17.5. The van der Waals surface area contributed by atoms with E-state index in [9.17, 15) is 23.1 Å². The normalized spacial score (nSPS) is 19.0. The summed E-state index contributed by atoms with van der Waals surface area (Å²) in [6.45, 7) is 5.13. The Morgan fingerprint density at radius 2 is 2.00 bits per heavy atom. The van der Waals surface area contributed by atoms with Crippen LogP contribution in [0, 0.1) is 11.8 Å². The van der Waals surface area contributed by atoms with Crippen LogP contribution in [0.25, 0.3) is 5.57 Å².